The molecule has 0 bridgehead atoms. The summed E-state index contributed by atoms with van der Waals surface area (Å²) >= 11 is 0. The first-order chi connectivity index (χ1) is 50.8. The molecule has 1 amide bonds. The molecule has 0 saturated carbocycles. The van der Waals surface area contributed by atoms with Crippen molar-refractivity contribution in [2.24, 2.45) is 0 Å². The monoisotopic (exact) mass is 1490 g/mol. The minimum Gasteiger partial charge on any atom is -0.394 e. The second kappa shape index (κ2) is 66.4. The maximum Gasteiger partial charge on any atom is 0.220 e. The molecule has 0 aliphatic carbocycles. The zero-order chi connectivity index (χ0) is 75.3. The predicted octanol–water partition coefficient (Wildman–Crippen LogP) is 16.1. The molecule has 0 aromatic heterocycles. The van der Waals surface area contributed by atoms with Crippen LogP contribution in [0.5, 0.6) is 0 Å². The standard InChI is InChI=1S/C85H165NO18/c1-3-5-7-9-11-13-15-17-19-21-23-25-27-29-31-33-34-35-37-39-41-43-45-47-49-51-53-55-57-59-61-63-73(91)86-68(69(90)62-60-58-56-54-52-50-48-46-44-42-40-38-36-32-30-28-26-24-22-20-18-16-14-12-10-8-6-4-2)67-99-83-79(97)76(94)81(71(65-88)101-83)104-85-80(98)77(95)82(72(66-89)102-85)103-84-78(96)75(93)74(92)70(64-87)100-84/h68-72,74-85,87-90,92-98H,3-67H2,1-2H3,(H,86,91). The van der Waals surface area contributed by atoms with Crippen LogP contribution in [0.15, 0.2) is 0 Å². The Morgan fingerprint density at radius 2 is 0.548 bits per heavy atom. The van der Waals surface area contributed by atoms with Crippen molar-refractivity contribution in [3.8, 4) is 0 Å². The highest BCUT2D eigenvalue weighted by molar-refractivity contribution is 5.76. The molecule has 17 atom stereocenters. The zero-order valence-corrected chi connectivity index (χ0v) is 66.6. The van der Waals surface area contributed by atoms with Gasteiger partial charge in [-0.25, -0.2) is 0 Å². The third-order valence-electron chi connectivity index (χ3n) is 22.7. The van der Waals surface area contributed by atoms with Crippen molar-refractivity contribution in [2.75, 3.05) is 26.4 Å². The van der Waals surface area contributed by atoms with Gasteiger partial charge < -0.3 is 89.9 Å². The van der Waals surface area contributed by atoms with Gasteiger partial charge >= 0.3 is 0 Å². The van der Waals surface area contributed by atoms with Gasteiger partial charge in [-0.15, -0.1) is 0 Å². The van der Waals surface area contributed by atoms with E-state index in [9.17, 15) is 61.0 Å². The second-order valence-electron chi connectivity index (χ2n) is 32.1. The van der Waals surface area contributed by atoms with E-state index in [2.05, 4.69) is 19.2 Å². The molecule has 19 nitrogen and oxygen atoms in total. The summed E-state index contributed by atoms with van der Waals surface area (Å²) in [4.78, 5) is 13.5. The molecule has 3 aliphatic heterocycles. The lowest BCUT2D eigenvalue weighted by molar-refractivity contribution is -0.379. The predicted molar refractivity (Wildman–Crippen MR) is 416 cm³/mol. The first-order valence-corrected chi connectivity index (χ1v) is 44.3. The van der Waals surface area contributed by atoms with Gasteiger partial charge in [0.25, 0.3) is 0 Å². The van der Waals surface area contributed by atoms with E-state index in [1.807, 2.05) is 0 Å². The number of unbranched alkanes of at least 4 members (excludes halogenated alkanes) is 57. The Hall–Kier alpha value is -1.21. The topological polar surface area (TPSA) is 307 Å². The summed E-state index contributed by atoms with van der Waals surface area (Å²) in [7, 11) is 0. The maximum absolute atomic E-state index is 13.5. The van der Waals surface area contributed by atoms with Crippen molar-refractivity contribution in [1.82, 2.24) is 5.32 Å². The Morgan fingerprint density at radius 3 is 0.837 bits per heavy atom. The Balaban J connectivity index is 1.33. The lowest BCUT2D eigenvalue weighted by Gasteiger charge is -2.48. The number of rotatable bonds is 73. The number of hydrogen-bond donors (Lipinski definition) is 12. The third kappa shape index (κ3) is 45.3. The van der Waals surface area contributed by atoms with Crippen LogP contribution < -0.4 is 5.32 Å². The minimum atomic E-state index is -1.97. The summed E-state index contributed by atoms with van der Waals surface area (Å²) in [6.07, 6.45) is 52.1. The Kier molecular flexibility index (Phi) is 61.9. The van der Waals surface area contributed by atoms with Gasteiger partial charge in [-0.2, -0.15) is 0 Å². The quantitative estimate of drug-likeness (QED) is 0.0252. The first kappa shape index (κ1) is 97.0. The largest absolute Gasteiger partial charge is 0.394 e. The third-order valence-corrected chi connectivity index (χ3v) is 22.7. The van der Waals surface area contributed by atoms with E-state index in [4.69, 9.17) is 28.4 Å². The number of nitrogens with one attached hydrogen (secondary N) is 1. The molecule has 17 unspecified atom stereocenters. The number of carbonyl (C=O) groups excluding carboxylic acids is 1. The van der Waals surface area contributed by atoms with Crippen molar-refractivity contribution in [3.63, 3.8) is 0 Å². The molecule has 3 rings (SSSR count). The van der Waals surface area contributed by atoms with E-state index in [1.54, 1.807) is 0 Å². The summed E-state index contributed by atoms with van der Waals surface area (Å²) in [5.41, 5.74) is 0. The Labute approximate surface area is 634 Å². The summed E-state index contributed by atoms with van der Waals surface area (Å²) in [6, 6.07) is -0.884. The molecule has 0 aromatic carbocycles. The number of amides is 1. The van der Waals surface area contributed by atoms with Gasteiger partial charge in [-0.3, -0.25) is 4.79 Å². The average molecular weight is 1490 g/mol. The summed E-state index contributed by atoms with van der Waals surface area (Å²) < 4.78 is 34.6. The fourth-order valence-electron chi connectivity index (χ4n) is 15.6. The van der Waals surface area contributed by atoms with Crippen LogP contribution in [0.4, 0.5) is 0 Å². The number of ether oxygens (including phenoxy) is 6. The number of carbonyl (C=O) groups is 1. The van der Waals surface area contributed by atoms with Gasteiger partial charge in [0, 0.05) is 6.42 Å². The molecule has 0 radical (unpaired) electrons. The highest BCUT2D eigenvalue weighted by Crippen LogP contribution is 2.34. The Morgan fingerprint density at radius 1 is 0.308 bits per heavy atom. The maximum atomic E-state index is 13.5. The highest BCUT2D eigenvalue weighted by Gasteiger charge is 2.54. The van der Waals surface area contributed by atoms with Crippen LogP contribution in [0, 0.1) is 0 Å². The average Bonchev–Trinajstić information content (AvgIpc) is 0.783. The van der Waals surface area contributed by atoms with Crippen LogP contribution in [-0.4, -0.2) is 193 Å². The number of hydrogen-bond acceptors (Lipinski definition) is 18. The van der Waals surface area contributed by atoms with Crippen molar-refractivity contribution >= 4 is 5.91 Å². The van der Waals surface area contributed by atoms with Crippen molar-refractivity contribution in [1.29, 1.82) is 0 Å². The van der Waals surface area contributed by atoms with Gasteiger partial charge in [0.1, 0.15) is 73.2 Å². The van der Waals surface area contributed by atoms with Crippen molar-refractivity contribution < 1.29 is 89.4 Å². The number of aliphatic hydroxyl groups excluding tert-OH is 11. The normalized spacial score (nSPS) is 25.8. The fourth-order valence-corrected chi connectivity index (χ4v) is 15.6. The molecular weight excluding hydrogens is 1320 g/mol. The van der Waals surface area contributed by atoms with E-state index in [-0.39, 0.29) is 18.9 Å². The van der Waals surface area contributed by atoms with Gasteiger partial charge in [0.2, 0.25) is 5.91 Å². The minimum absolute atomic E-state index is 0.231. The second-order valence-corrected chi connectivity index (χ2v) is 32.1. The molecule has 104 heavy (non-hydrogen) atoms. The molecule has 0 aromatic rings. The van der Waals surface area contributed by atoms with Crippen LogP contribution in [-0.2, 0) is 33.2 Å². The van der Waals surface area contributed by atoms with Crippen LogP contribution in [0.1, 0.15) is 406 Å². The zero-order valence-electron chi connectivity index (χ0n) is 66.6. The smallest absolute Gasteiger partial charge is 0.220 e. The molecule has 12 N–H and O–H groups in total. The SMILES string of the molecule is CCCCCCCCCCCCCCCCCCCCCCCCCCCCCCCCCC(=O)NC(COC1OC(CO)C(OC2OC(CO)C(OC3OC(CO)C(O)C(O)C3O)C(O)C2O)C(O)C1O)C(O)CCCCCCCCCCCCCCCCCCCCCCCCCCCCCC. The summed E-state index contributed by atoms with van der Waals surface area (Å²) in [6.45, 7) is 1.89. The number of aliphatic hydroxyl groups is 11. The van der Waals surface area contributed by atoms with Gasteiger partial charge in [0.05, 0.1) is 38.6 Å². The Bertz CT molecular complexity index is 1880. The van der Waals surface area contributed by atoms with E-state index >= 15 is 0 Å². The van der Waals surface area contributed by atoms with Gasteiger partial charge in [0.15, 0.2) is 18.9 Å². The van der Waals surface area contributed by atoms with Crippen LogP contribution >= 0.6 is 0 Å². The molecular formula is C85H165NO18. The highest BCUT2D eigenvalue weighted by atomic mass is 16.8. The van der Waals surface area contributed by atoms with E-state index in [1.165, 1.54) is 327 Å². The molecule has 3 fully saturated rings. The lowest BCUT2D eigenvalue weighted by Crippen LogP contribution is -2.66. The van der Waals surface area contributed by atoms with Crippen molar-refractivity contribution in [3.05, 3.63) is 0 Å². The first-order valence-electron chi connectivity index (χ1n) is 44.3. The van der Waals surface area contributed by atoms with E-state index in [0.717, 1.165) is 44.9 Å². The van der Waals surface area contributed by atoms with E-state index < -0.39 is 124 Å². The summed E-state index contributed by atoms with van der Waals surface area (Å²) in [5, 5.41) is 121. The molecule has 0 spiro atoms. The molecule has 19 heteroatoms. The van der Waals surface area contributed by atoms with Crippen LogP contribution in [0.2, 0.25) is 0 Å². The molecule has 618 valence electrons. The summed E-state index contributed by atoms with van der Waals surface area (Å²) in [5.74, 6) is -0.231. The van der Waals surface area contributed by atoms with Crippen LogP contribution in [0.25, 0.3) is 0 Å². The van der Waals surface area contributed by atoms with E-state index in [0.29, 0.717) is 12.8 Å². The van der Waals surface area contributed by atoms with Gasteiger partial charge in [-0.1, -0.05) is 386 Å². The lowest BCUT2D eigenvalue weighted by atomic mass is 9.96. The fraction of sp³-hybridized carbons (Fsp3) is 0.988. The molecule has 3 aliphatic rings. The van der Waals surface area contributed by atoms with Crippen molar-refractivity contribution in [2.45, 2.75) is 510 Å². The van der Waals surface area contributed by atoms with Gasteiger partial charge in [-0.05, 0) is 12.8 Å². The van der Waals surface area contributed by atoms with Crippen LogP contribution in [0.3, 0.4) is 0 Å². The molecule has 3 saturated heterocycles. The molecule has 3 heterocycles.